The lowest BCUT2D eigenvalue weighted by molar-refractivity contribution is 0.411. The zero-order chi connectivity index (χ0) is 12.3. The molecule has 1 aromatic rings. The molecule has 1 aliphatic rings. The Morgan fingerprint density at radius 1 is 1.12 bits per heavy atom. The number of ether oxygens (including phenoxy) is 1. The van der Waals surface area contributed by atoms with Crippen LogP contribution in [0.2, 0.25) is 0 Å². The van der Waals surface area contributed by atoms with Crippen molar-refractivity contribution in [2.45, 2.75) is 13.8 Å². The summed E-state index contributed by atoms with van der Waals surface area (Å²) in [6.45, 7) is 4.12. The minimum Gasteiger partial charge on any atom is -0.496 e. The maximum absolute atomic E-state index is 5.34. The third-order valence-corrected chi connectivity index (χ3v) is 2.76. The molecule has 1 aromatic carbocycles. The number of allylic oxidation sites excluding steroid dienone is 3. The van der Waals surface area contributed by atoms with Crippen molar-refractivity contribution in [2.75, 3.05) is 12.1 Å². The molecule has 0 aliphatic carbocycles. The van der Waals surface area contributed by atoms with Crippen LogP contribution in [0.3, 0.4) is 0 Å². The highest BCUT2D eigenvalue weighted by Crippen LogP contribution is 2.32. The molecule has 0 saturated carbocycles. The highest BCUT2D eigenvalue weighted by atomic mass is 16.5. The van der Waals surface area contributed by atoms with E-state index in [1.165, 1.54) is 5.56 Å². The zero-order valence-corrected chi connectivity index (χ0v) is 10.3. The van der Waals surface area contributed by atoms with E-state index >= 15 is 0 Å². The molecule has 0 unspecified atom stereocenters. The fraction of sp³-hybridized carbons (Fsp3) is 0.214. The lowest BCUT2D eigenvalue weighted by atomic mass is 10.1. The summed E-state index contributed by atoms with van der Waals surface area (Å²) in [6.07, 6.45) is 9.54. The second-order valence-electron chi connectivity index (χ2n) is 3.89. The molecule has 17 heavy (non-hydrogen) atoms. The smallest absolute Gasteiger partial charge is 0.123 e. The van der Waals surface area contributed by atoms with Crippen LogP contribution in [0.4, 0.5) is 5.69 Å². The monoisotopic (exact) mass is 228 g/mol. The van der Waals surface area contributed by atoms with Gasteiger partial charge in [0, 0.05) is 18.0 Å². The number of benzene rings is 1. The summed E-state index contributed by atoms with van der Waals surface area (Å²) in [6, 6.07) is 4.03. The van der Waals surface area contributed by atoms with Crippen molar-refractivity contribution in [3.63, 3.8) is 0 Å². The number of methoxy groups -OCH3 is 1. The number of nitrogens with zero attached hydrogens (tertiary/aromatic N) is 2. The largest absolute Gasteiger partial charge is 0.496 e. The van der Waals surface area contributed by atoms with E-state index in [2.05, 4.69) is 12.0 Å². The third kappa shape index (κ3) is 2.23. The van der Waals surface area contributed by atoms with Crippen molar-refractivity contribution < 1.29 is 4.74 Å². The maximum Gasteiger partial charge on any atom is 0.123 e. The predicted molar refractivity (Wildman–Crippen MR) is 71.7 cm³/mol. The molecule has 0 radical (unpaired) electrons. The average Bonchev–Trinajstić information content (AvgIpc) is 2.58. The number of hydrogen-bond donors (Lipinski definition) is 0. The van der Waals surface area contributed by atoms with E-state index < -0.39 is 0 Å². The van der Waals surface area contributed by atoms with Gasteiger partial charge in [0.2, 0.25) is 0 Å². The molecule has 0 spiro atoms. The molecule has 3 nitrogen and oxygen atoms in total. The number of rotatable bonds is 2. The molecular weight excluding hydrogens is 212 g/mol. The molecule has 0 bridgehead atoms. The first-order chi connectivity index (χ1) is 8.24. The van der Waals surface area contributed by atoms with E-state index in [0.29, 0.717) is 0 Å². The SMILES string of the molecule is COc1ccc(C)c(N2C=CC=CC=N2)c1C. The molecule has 0 aromatic heterocycles. The summed E-state index contributed by atoms with van der Waals surface area (Å²) < 4.78 is 5.34. The predicted octanol–water partition coefficient (Wildman–Crippen LogP) is 3.19. The van der Waals surface area contributed by atoms with Crippen molar-refractivity contribution >= 4 is 11.9 Å². The summed E-state index contributed by atoms with van der Waals surface area (Å²) in [7, 11) is 1.69. The highest BCUT2D eigenvalue weighted by Gasteiger charge is 2.12. The van der Waals surface area contributed by atoms with Gasteiger partial charge in [-0.1, -0.05) is 12.1 Å². The van der Waals surface area contributed by atoms with Crippen molar-refractivity contribution in [1.82, 2.24) is 0 Å². The van der Waals surface area contributed by atoms with Gasteiger partial charge in [-0.25, -0.2) is 5.01 Å². The number of anilines is 1. The van der Waals surface area contributed by atoms with Gasteiger partial charge in [0.05, 0.1) is 12.8 Å². The molecule has 0 saturated heterocycles. The van der Waals surface area contributed by atoms with Crippen molar-refractivity contribution in [1.29, 1.82) is 0 Å². The molecule has 3 heteroatoms. The summed E-state index contributed by atoms with van der Waals surface area (Å²) in [5, 5.41) is 6.24. The van der Waals surface area contributed by atoms with Gasteiger partial charge in [-0.2, -0.15) is 5.10 Å². The molecule has 0 atom stereocenters. The summed E-state index contributed by atoms with van der Waals surface area (Å²) in [5.41, 5.74) is 3.34. The summed E-state index contributed by atoms with van der Waals surface area (Å²) >= 11 is 0. The van der Waals surface area contributed by atoms with Gasteiger partial charge in [0.15, 0.2) is 0 Å². The Labute approximate surface area is 102 Å². The molecule has 88 valence electrons. The van der Waals surface area contributed by atoms with Crippen LogP contribution < -0.4 is 9.75 Å². The van der Waals surface area contributed by atoms with E-state index in [9.17, 15) is 0 Å². The number of hydrazone groups is 1. The van der Waals surface area contributed by atoms with Crippen LogP contribution in [0, 0.1) is 13.8 Å². The van der Waals surface area contributed by atoms with Gasteiger partial charge in [0.25, 0.3) is 0 Å². The summed E-state index contributed by atoms with van der Waals surface area (Å²) in [4.78, 5) is 0. The Morgan fingerprint density at radius 2 is 1.94 bits per heavy atom. The first-order valence-electron chi connectivity index (χ1n) is 5.55. The van der Waals surface area contributed by atoms with Gasteiger partial charge >= 0.3 is 0 Å². The average molecular weight is 228 g/mol. The van der Waals surface area contributed by atoms with Crippen LogP contribution in [0.5, 0.6) is 5.75 Å². The minimum atomic E-state index is 0.881. The second kappa shape index (κ2) is 4.87. The van der Waals surface area contributed by atoms with Crippen LogP contribution in [0.25, 0.3) is 0 Å². The Bertz CT molecular complexity index is 485. The van der Waals surface area contributed by atoms with Gasteiger partial charge < -0.3 is 4.74 Å². The van der Waals surface area contributed by atoms with Crippen molar-refractivity contribution in [3.8, 4) is 5.75 Å². The zero-order valence-electron chi connectivity index (χ0n) is 10.3. The summed E-state index contributed by atoms with van der Waals surface area (Å²) in [5.74, 6) is 0.881. The lowest BCUT2D eigenvalue weighted by Crippen LogP contribution is -2.10. The highest BCUT2D eigenvalue weighted by molar-refractivity contribution is 5.75. The minimum absolute atomic E-state index is 0.881. The molecule has 1 heterocycles. The first-order valence-corrected chi connectivity index (χ1v) is 5.55. The Balaban J connectivity index is 2.50. The van der Waals surface area contributed by atoms with E-state index in [1.54, 1.807) is 13.3 Å². The second-order valence-corrected chi connectivity index (χ2v) is 3.89. The van der Waals surface area contributed by atoms with Crippen molar-refractivity contribution in [3.05, 3.63) is 47.7 Å². The van der Waals surface area contributed by atoms with Crippen LogP contribution >= 0.6 is 0 Å². The Hall–Kier alpha value is -2.03. The molecule has 0 fully saturated rings. The van der Waals surface area contributed by atoms with Crippen molar-refractivity contribution in [2.24, 2.45) is 5.10 Å². The molecule has 1 aliphatic heterocycles. The van der Waals surface area contributed by atoms with Crippen LogP contribution in [-0.2, 0) is 0 Å². The molecular formula is C14H16N2O. The van der Waals surface area contributed by atoms with Gasteiger partial charge in [-0.15, -0.1) is 0 Å². The lowest BCUT2D eigenvalue weighted by Gasteiger charge is -2.20. The normalized spacial score (nSPS) is 13.9. The van der Waals surface area contributed by atoms with E-state index in [-0.39, 0.29) is 0 Å². The number of aryl methyl sites for hydroxylation is 1. The Kier molecular flexibility index (Phi) is 3.28. The van der Waals surface area contributed by atoms with Crippen LogP contribution in [-0.4, -0.2) is 13.3 Å². The van der Waals surface area contributed by atoms with Crippen LogP contribution in [0.15, 0.2) is 41.7 Å². The number of hydrogen-bond acceptors (Lipinski definition) is 3. The standard InChI is InChI=1S/C14H16N2O/c1-11-7-8-13(17-3)12(2)14(11)16-10-6-4-5-9-15-16/h4-10H,1-3H3. The maximum atomic E-state index is 5.34. The third-order valence-electron chi connectivity index (χ3n) is 2.76. The Morgan fingerprint density at radius 3 is 2.71 bits per heavy atom. The van der Waals surface area contributed by atoms with Crippen LogP contribution in [0.1, 0.15) is 11.1 Å². The molecule has 0 N–H and O–H groups in total. The fourth-order valence-electron chi connectivity index (χ4n) is 1.92. The molecule has 2 rings (SSSR count). The quantitative estimate of drug-likeness (QED) is 0.776. The van der Waals surface area contributed by atoms with Gasteiger partial charge in [-0.3, -0.25) is 0 Å². The van der Waals surface area contributed by atoms with Gasteiger partial charge in [-0.05, 0) is 37.6 Å². The van der Waals surface area contributed by atoms with E-state index in [4.69, 9.17) is 4.74 Å². The molecule has 0 amide bonds. The van der Waals surface area contributed by atoms with Gasteiger partial charge in [0.1, 0.15) is 5.75 Å². The topological polar surface area (TPSA) is 24.8 Å². The van der Waals surface area contributed by atoms with E-state index in [0.717, 1.165) is 17.0 Å². The first kappa shape index (κ1) is 11.5. The van der Waals surface area contributed by atoms with E-state index in [1.807, 2.05) is 48.5 Å². The fourth-order valence-corrected chi connectivity index (χ4v) is 1.92.